The van der Waals surface area contributed by atoms with Crippen molar-refractivity contribution in [2.45, 2.75) is 31.8 Å². The Bertz CT molecular complexity index is 911. The largest absolute Gasteiger partial charge is 0.474 e. The summed E-state index contributed by atoms with van der Waals surface area (Å²) in [6.07, 6.45) is 5.15. The normalized spacial score (nSPS) is 16.9. The van der Waals surface area contributed by atoms with Crippen molar-refractivity contribution in [3.05, 3.63) is 42.1 Å². The molecule has 2 aromatic rings. The van der Waals surface area contributed by atoms with Crippen LogP contribution in [0.4, 0.5) is 16.4 Å². The van der Waals surface area contributed by atoms with Crippen molar-refractivity contribution in [1.82, 2.24) is 15.3 Å². The average Bonchev–Trinajstić information content (AvgIpc) is 2.65. The van der Waals surface area contributed by atoms with E-state index in [4.69, 9.17) is 4.74 Å². The minimum atomic E-state index is -0.467. The van der Waals surface area contributed by atoms with E-state index in [1.54, 1.807) is 30.3 Å². The lowest BCUT2D eigenvalue weighted by molar-refractivity contribution is -0.120. The SMILES string of the molecule is O=C1CCN(c2ccc(C(=O)Nc3nccc(OC4CCC4)n3)cc2)C(=O)N1. The molecule has 1 aromatic heterocycles. The van der Waals surface area contributed by atoms with Gasteiger partial charge in [-0.2, -0.15) is 4.98 Å². The number of urea groups is 1. The fourth-order valence-corrected chi connectivity index (χ4v) is 2.90. The molecular formula is C19H19N5O4. The van der Waals surface area contributed by atoms with Crippen LogP contribution < -0.4 is 20.3 Å². The first-order chi connectivity index (χ1) is 13.6. The van der Waals surface area contributed by atoms with E-state index in [9.17, 15) is 14.4 Å². The fourth-order valence-electron chi connectivity index (χ4n) is 2.90. The first-order valence-corrected chi connectivity index (χ1v) is 9.11. The Morgan fingerprint density at radius 2 is 1.96 bits per heavy atom. The number of nitrogens with zero attached hydrogens (tertiary/aromatic N) is 3. The van der Waals surface area contributed by atoms with Gasteiger partial charge in [-0.3, -0.25) is 25.1 Å². The number of hydrogen-bond acceptors (Lipinski definition) is 6. The Hall–Kier alpha value is -3.49. The van der Waals surface area contributed by atoms with Gasteiger partial charge in [-0.25, -0.2) is 9.78 Å². The quantitative estimate of drug-likeness (QED) is 0.820. The number of anilines is 2. The molecule has 0 spiro atoms. The number of carbonyl (C=O) groups excluding carboxylic acids is 3. The van der Waals surface area contributed by atoms with Gasteiger partial charge < -0.3 is 4.74 Å². The highest BCUT2D eigenvalue weighted by Gasteiger charge is 2.24. The molecule has 144 valence electrons. The van der Waals surface area contributed by atoms with Crippen LogP contribution in [0, 0.1) is 0 Å². The molecule has 1 saturated heterocycles. The van der Waals surface area contributed by atoms with Gasteiger partial charge in [-0.05, 0) is 43.5 Å². The van der Waals surface area contributed by atoms with Crippen LogP contribution in [0.3, 0.4) is 0 Å². The molecule has 9 heteroatoms. The molecule has 2 fully saturated rings. The molecular weight excluding hydrogens is 362 g/mol. The molecule has 0 unspecified atom stereocenters. The summed E-state index contributed by atoms with van der Waals surface area (Å²) in [5, 5.41) is 4.91. The maximum Gasteiger partial charge on any atom is 0.328 e. The van der Waals surface area contributed by atoms with Gasteiger partial charge in [0.05, 0.1) is 0 Å². The molecule has 4 amide bonds. The molecule has 1 aliphatic carbocycles. The van der Waals surface area contributed by atoms with Crippen molar-refractivity contribution < 1.29 is 19.1 Å². The number of aromatic nitrogens is 2. The molecule has 1 saturated carbocycles. The standard InChI is InChI=1S/C19H19N5O4/c25-15-9-11-24(19(27)21-15)13-6-4-12(5-7-13)17(26)23-18-20-10-8-16(22-18)28-14-2-1-3-14/h4-8,10,14H,1-3,9,11H2,(H,21,25,27)(H,20,22,23,26). The number of benzene rings is 1. The van der Waals surface area contributed by atoms with Gasteiger partial charge in [0.25, 0.3) is 5.91 Å². The lowest BCUT2D eigenvalue weighted by Crippen LogP contribution is -2.49. The Kier molecular flexibility index (Phi) is 4.88. The van der Waals surface area contributed by atoms with E-state index in [1.165, 1.54) is 11.1 Å². The summed E-state index contributed by atoms with van der Waals surface area (Å²) in [6, 6.07) is 7.71. The van der Waals surface area contributed by atoms with Crippen LogP contribution >= 0.6 is 0 Å². The summed E-state index contributed by atoms with van der Waals surface area (Å²) in [5.41, 5.74) is 1.000. The van der Waals surface area contributed by atoms with E-state index >= 15 is 0 Å². The second-order valence-electron chi connectivity index (χ2n) is 6.65. The molecule has 2 aliphatic rings. The van der Waals surface area contributed by atoms with E-state index in [-0.39, 0.29) is 30.3 Å². The maximum atomic E-state index is 12.4. The van der Waals surface area contributed by atoms with E-state index in [0.29, 0.717) is 23.7 Å². The summed E-state index contributed by atoms with van der Waals surface area (Å²) < 4.78 is 5.71. The summed E-state index contributed by atoms with van der Waals surface area (Å²) >= 11 is 0. The number of ether oxygens (including phenoxy) is 1. The van der Waals surface area contributed by atoms with Crippen molar-refractivity contribution in [3.63, 3.8) is 0 Å². The third kappa shape index (κ3) is 3.93. The minimum absolute atomic E-state index is 0.167. The number of amides is 4. The molecule has 4 rings (SSSR count). The summed E-state index contributed by atoms with van der Waals surface area (Å²) in [5.74, 6) is -0.0535. The van der Waals surface area contributed by atoms with Crippen LogP contribution in [0.5, 0.6) is 5.88 Å². The van der Waals surface area contributed by atoms with E-state index in [1.807, 2.05) is 0 Å². The van der Waals surface area contributed by atoms with Crippen molar-refractivity contribution in [1.29, 1.82) is 0 Å². The average molecular weight is 381 g/mol. The summed E-state index contributed by atoms with van der Waals surface area (Å²) in [7, 11) is 0. The van der Waals surface area contributed by atoms with Gasteiger partial charge in [0.2, 0.25) is 17.7 Å². The lowest BCUT2D eigenvalue weighted by Gasteiger charge is -2.26. The van der Waals surface area contributed by atoms with E-state index < -0.39 is 6.03 Å². The number of nitrogens with one attached hydrogen (secondary N) is 2. The van der Waals surface area contributed by atoms with Crippen LogP contribution in [0.15, 0.2) is 36.5 Å². The van der Waals surface area contributed by atoms with Gasteiger partial charge in [-0.1, -0.05) is 0 Å². The van der Waals surface area contributed by atoms with Gasteiger partial charge >= 0.3 is 6.03 Å². The van der Waals surface area contributed by atoms with Crippen molar-refractivity contribution in [2.24, 2.45) is 0 Å². The zero-order valence-corrected chi connectivity index (χ0v) is 15.1. The van der Waals surface area contributed by atoms with Gasteiger partial charge in [0, 0.05) is 36.5 Å². The minimum Gasteiger partial charge on any atom is -0.474 e. The summed E-state index contributed by atoms with van der Waals surface area (Å²) in [6.45, 7) is 0.303. The van der Waals surface area contributed by atoms with Crippen LogP contribution in [0.2, 0.25) is 0 Å². The number of rotatable bonds is 5. The predicted molar refractivity (Wildman–Crippen MR) is 100 cm³/mol. The van der Waals surface area contributed by atoms with Gasteiger partial charge in [0.1, 0.15) is 6.10 Å². The molecule has 0 atom stereocenters. The fraction of sp³-hybridized carbons (Fsp3) is 0.316. The number of carbonyl (C=O) groups is 3. The van der Waals surface area contributed by atoms with Crippen LogP contribution in [0.25, 0.3) is 0 Å². The number of hydrogen-bond donors (Lipinski definition) is 2. The van der Waals surface area contributed by atoms with Gasteiger partial charge in [0.15, 0.2) is 0 Å². The van der Waals surface area contributed by atoms with Crippen LogP contribution in [-0.2, 0) is 4.79 Å². The van der Waals surface area contributed by atoms with Crippen molar-refractivity contribution in [2.75, 3.05) is 16.8 Å². The van der Waals surface area contributed by atoms with E-state index in [2.05, 4.69) is 20.6 Å². The van der Waals surface area contributed by atoms with Crippen molar-refractivity contribution >= 4 is 29.5 Å². The molecule has 0 bridgehead atoms. The summed E-state index contributed by atoms with van der Waals surface area (Å²) in [4.78, 5) is 45.3. The highest BCUT2D eigenvalue weighted by molar-refractivity contribution is 6.06. The lowest BCUT2D eigenvalue weighted by atomic mass is 9.96. The molecule has 9 nitrogen and oxygen atoms in total. The predicted octanol–water partition coefficient (Wildman–Crippen LogP) is 2.11. The third-order valence-corrected chi connectivity index (χ3v) is 4.69. The molecule has 0 radical (unpaired) electrons. The Labute approximate surface area is 161 Å². The monoisotopic (exact) mass is 381 g/mol. The van der Waals surface area contributed by atoms with Crippen molar-refractivity contribution in [3.8, 4) is 5.88 Å². The molecule has 2 heterocycles. The second-order valence-corrected chi connectivity index (χ2v) is 6.65. The molecule has 28 heavy (non-hydrogen) atoms. The van der Waals surface area contributed by atoms with Crippen LogP contribution in [-0.4, -0.2) is 40.5 Å². The first-order valence-electron chi connectivity index (χ1n) is 9.11. The van der Waals surface area contributed by atoms with Crippen LogP contribution in [0.1, 0.15) is 36.0 Å². The zero-order chi connectivity index (χ0) is 19.5. The highest BCUT2D eigenvalue weighted by Crippen LogP contribution is 2.24. The smallest absolute Gasteiger partial charge is 0.328 e. The molecule has 1 aromatic carbocycles. The topological polar surface area (TPSA) is 114 Å². The number of imide groups is 1. The third-order valence-electron chi connectivity index (χ3n) is 4.69. The highest BCUT2D eigenvalue weighted by atomic mass is 16.5. The molecule has 1 aliphatic heterocycles. The Balaban J connectivity index is 1.40. The first kappa shape index (κ1) is 17.9. The second kappa shape index (κ2) is 7.63. The maximum absolute atomic E-state index is 12.4. The van der Waals surface area contributed by atoms with E-state index in [0.717, 1.165) is 19.3 Å². The molecule has 2 N–H and O–H groups in total. The zero-order valence-electron chi connectivity index (χ0n) is 15.1. The Morgan fingerprint density at radius 1 is 1.18 bits per heavy atom. The Morgan fingerprint density at radius 3 is 2.64 bits per heavy atom. The van der Waals surface area contributed by atoms with Gasteiger partial charge in [-0.15, -0.1) is 0 Å².